The molecule has 1 aromatic rings. The molecule has 0 aromatic carbocycles. The number of nitrogens with one attached hydrogen (secondary N) is 1. The monoisotopic (exact) mass is 214 g/mol. The van der Waals surface area contributed by atoms with Gasteiger partial charge in [-0.15, -0.1) is 5.10 Å². The molecule has 14 heavy (non-hydrogen) atoms. The van der Waals surface area contributed by atoms with Crippen LogP contribution in [0.4, 0.5) is 5.95 Å². The van der Waals surface area contributed by atoms with Crippen molar-refractivity contribution in [2.75, 3.05) is 18.9 Å². The zero-order chi connectivity index (χ0) is 10.2. The molecule has 1 unspecified atom stereocenters. The minimum atomic E-state index is -0.146. The second-order valence-corrected chi connectivity index (χ2v) is 4.26. The molecule has 0 aliphatic carbocycles. The number of hydrogen-bond acceptors (Lipinski definition) is 4. The lowest BCUT2D eigenvalue weighted by Gasteiger charge is -2.34. The molecule has 6 heteroatoms. The summed E-state index contributed by atoms with van der Waals surface area (Å²) in [5, 5.41) is 6.60. The topological polar surface area (TPSA) is 68.9 Å². The number of ether oxygens (including phenoxy) is 1. The Balaban J connectivity index is 2.41. The van der Waals surface area contributed by atoms with Gasteiger partial charge in [-0.2, -0.15) is 0 Å². The maximum atomic E-state index is 5.76. The molecule has 0 spiro atoms. The first-order chi connectivity index (χ1) is 6.63. The molecule has 3 N–H and O–H groups in total. The van der Waals surface area contributed by atoms with E-state index in [1.165, 1.54) is 0 Å². The molecule has 1 saturated heterocycles. The van der Waals surface area contributed by atoms with Crippen LogP contribution < -0.4 is 5.73 Å². The first-order valence-corrected chi connectivity index (χ1v) is 5.05. The Morgan fingerprint density at radius 3 is 3.00 bits per heavy atom. The van der Waals surface area contributed by atoms with Gasteiger partial charge in [0.15, 0.2) is 4.77 Å². The molecule has 1 aliphatic rings. The molecule has 1 aromatic heterocycles. The third-order valence-electron chi connectivity index (χ3n) is 2.66. The van der Waals surface area contributed by atoms with Gasteiger partial charge in [0.25, 0.3) is 0 Å². The Kier molecular flexibility index (Phi) is 2.32. The lowest BCUT2D eigenvalue weighted by atomic mass is 9.95. The second kappa shape index (κ2) is 3.36. The average molecular weight is 214 g/mol. The van der Waals surface area contributed by atoms with Crippen LogP contribution >= 0.6 is 12.2 Å². The fraction of sp³-hybridized carbons (Fsp3) is 0.750. The first kappa shape index (κ1) is 9.67. The lowest BCUT2D eigenvalue weighted by Crippen LogP contribution is -2.39. The maximum Gasteiger partial charge on any atom is 0.221 e. The van der Waals surface area contributed by atoms with Crippen molar-refractivity contribution in [1.29, 1.82) is 0 Å². The number of hydrogen-bond donors (Lipinski definition) is 2. The smallest absolute Gasteiger partial charge is 0.221 e. The fourth-order valence-electron chi connectivity index (χ4n) is 1.93. The molecular weight excluding hydrogens is 200 g/mol. The van der Waals surface area contributed by atoms with Crippen LogP contribution in [0.1, 0.15) is 19.8 Å². The van der Waals surface area contributed by atoms with Gasteiger partial charge < -0.3 is 10.5 Å². The van der Waals surface area contributed by atoms with Crippen molar-refractivity contribution in [3.05, 3.63) is 4.77 Å². The summed E-state index contributed by atoms with van der Waals surface area (Å²) in [7, 11) is 0. The number of rotatable bonds is 1. The van der Waals surface area contributed by atoms with Gasteiger partial charge in [0.05, 0.1) is 12.1 Å². The number of aromatic amines is 1. The molecule has 78 valence electrons. The first-order valence-electron chi connectivity index (χ1n) is 4.65. The molecular formula is C8H14N4OS. The summed E-state index contributed by atoms with van der Waals surface area (Å²) in [6, 6.07) is 0. The predicted molar refractivity (Wildman–Crippen MR) is 55.5 cm³/mol. The number of nitrogens with two attached hydrogens (primary N) is 1. The van der Waals surface area contributed by atoms with Crippen LogP contribution in [0.2, 0.25) is 0 Å². The van der Waals surface area contributed by atoms with E-state index < -0.39 is 0 Å². The van der Waals surface area contributed by atoms with Crippen molar-refractivity contribution in [2.24, 2.45) is 0 Å². The summed E-state index contributed by atoms with van der Waals surface area (Å²) in [5.74, 6) is 0.433. The van der Waals surface area contributed by atoms with Gasteiger partial charge in [-0.3, -0.25) is 4.57 Å². The van der Waals surface area contributed by atoms with Crippen LogP contribution in [0.3, 0.4) is 0 Å². The van der Waals surface area contributed by atoms with Crippen molar-refractivity contribution in [1.82, 2.24) is 14.8 Å². The fourth-order valence-corrected chi connectivity index (χ4v) is 2.29. The number of nitrogen functional groups attached to an aromatic ring is 1. The molecule has 1 fully saturated rings. The van der Waals surface area contributed by atoms with E-state index in [1.54, 1.807) is 0 Å². The normalized spacial score (nSPS) is 27.8. The van der Waals surface area contributed by atoms with Crippen LogP contribution in [-0.2, 0) is 10.3 Å². The number of aromatic nitrogens is 3. The van der Waals surface area contributed by atoms with Crippen molar-refractivity contribution in [2.45, 2.75) is 25.3 Å². The predicted octanol–water partition coefficient (Wildman–Crippen LogP) is 1.05. The van der Waals surface area contributed by atoms with Gasteiger partial charge in [0.2, 0.25) is 5.95 Å². The minimum absolute atomic E-state index is 0.146. The summed E-state index contributed by atoms with van der Waals surface area (Å²) in [6.45, 7) is 3.56. The average Bonchev–Trinajstić information content (AvgIpc) is 2.48. The summed E-state index contributed by atoms with van der Waals surface area (Å²) >= 11 is 5.13. The molecule has 1 atom stereocenters. The van der Waals surface area contributed by atoms with Crippen LogP contribution in [0.25, 0.3) is 0 Å². The van der Waals surface area contributed by atoms with Gasteiger partial charge in [-0.05, 0) is 32.0 Å². The van der Waals surface area contributed by atoms with Crippen LogP contribution in [0, 0.1) is 4.77 Å². The highest BCUT2D eigenvalue weighted by atomic mass is 32.1. The van der Waals surface area contributed by atoms with Crippen molar-refractivity contribution in [3.8, 4) is 0 Å². The van der Waals surface area contributed by atoms with E-state index in [1.807, 2.05) is 4.57 Å². The SMILES string of the molecule is CC1(n2c(N)n[nH]c2=S)CCCOC1. The van der Waals surface area contributed by atoms with Crippen LogP contribution in [-0.4, -0.2) is 28.0 Å². The molecule has 5 nitrogen and oxygen atoms in total. The second-order valence-electron chi connectivity index (χ2n) is 3.88. The molecule has 1 aliphatic heterocycles. The summed E-state index contributed by atoms with van der Waals surface area (Å²) in [6.07, 6.45) is 2.05. The van der Waals surface area contributed by atoms with E-state index in [-0.39, 0.29) is 5.54 Å². The zero-order valence-electron chi connectivity index (χ0n) is 8.12. The Bertz CT molecular complexity index is 377. The van der Waals surface area contributed by atoms with Crippen LogP contribution in [0.15, 0.2) is 0 Å². The van der Waals surface area contributed by atoms with Crippen molar-refractivity contribution >= 4 is 18.2 Å². The van der Waals surface area contributed by atoms with E-state index in [9.17, 15) is 0 Å². The molecule has 0 radical (unpaired) electrons. The molecule has 0 saturated carbocycles. The van der Waals surface area contributed by atoms with Gasteiger partial charge >= 0.3 is 0 Å². The highest BCUT2D eigenvalue weighted by Gasteiger charge is 2.32. The summed E-state index contributed by atoms with van der Waals surface area (Å²) < 4.78 is 7.87. The highest BCUT2D eigenvalue weighted by molar-refractivity contribution is 7.71. The standard InChI is InChI=1S/C8H14N4OS/c1-8(3-2-4-13-5-8)12-6(9)10-11-7(12)14/h2-5H2,1H3,(H2,9,10)(H,11,14). The Morgan fingerprint density at radius 1 is 1.71 bits per heavy atom. The number of H-pyrrole nitrogens is 1. The molecule has 2 rings (SSSR count). The van der Waals surface area contributed by atoms with Crippen molar-refractivity contribution < 1.29 is 4.74 Å². The largest absolute Gasteiger partial charge is 0.379 e. The van der Waals surface area contributed by atoms with Gasteiger partial charge in [0, 0.05) is 6.61 Å². The van der Waals surface area contributed by atoms with Gasteiger partial charge in [0.1, 0.15) is 0 Å². The van der Waals surface area contributed by atoms with E-state index in [2.05, 4.69) is 17.1 Å². The Hall–Kier alpha value is -0.880. The summed E-state index contributed by atoms with van der Waals surface area (Å²) in [5.41, 5.74) is 5.61. The maximum absolute atomic E-state index is 5.76. The van der Waals surface area contributed by atoms with Gasteiger partial charge in [-0.25, -0.2) is 5.10 Å². The Labute approximate surface area is 87.3 Å². The van der Waals surface area contributed by atoms with Crippen molar-refractivity contribution in [3.63, 3.8) is 0 Å². The van der Waals surface area contributed by atoms with E-state index in [0.717, 1.165) is 19.4 Å². The van der Waals surface area contributed by atoms with E-state index in [4.69, 9.17) is 22.7 Å². The van der Waals surface area contributed by atoms with E-state index in [0.29, 0.717) is 17.3 Å². The Morgan fingerprint density at radius 2 is 2.50 bits per heavy atom. The highest BCUT2D eigenvalue weighted by Crippen LogP contribution is 2.28. The van der Waals surface area contributed by atoms with E-state index >= 15 is 0 Å². The lowest BCUT2D eigenvalue weighted by molar-refractivity contribution is 0.00976. The third-order valence-corrected chi connectivity index (χ3v) is 2.93. The quantitative estimate of drug-likeness (QED) is 0.686. The minimum Gasteiger partial charge on any atom is -0.379 e. The molecule has 0 amide bonds. The number of nitrogens with zero attached hydrogens (tertiary/aromatic N) is 2. The third kappa shape index (κ3) is 1.44. The summed E-state index contributed by atoms with van der Waals surface area (Å²) in [4.78, 5) is 0. The molecule has 0 bridgehead atoms. The van der Waals surface area contributed by atoms with Gasteiger partial charge in [-0.1, -0.05) is 0 Å². The number of anilines is 1. The van der Waals surface area contributed by atoms with Crippen LogP contribution in [0.5, 0.6) is 0 Å². The molecule has 2 heterocycles. The zero-order valence-corrected chi connectivity index (χ0v) is 8.93.